The highest BCUT2D eigenvalue weighted by Crippen LogP contribution is 2.29. The maximum Gasteiger partial charge on any atom is 0.208 e. The van der Waals surface area contributed by atoms with Gasteiger partial charge in [-0.3, -0.25) is 4.57 Å². The summed E-state index contributed by atoms with van der Waals surface area (Å²) in [7, 11) is -3.16. The van der Waals surface area contributed by atoms with E-state index < -0.39 is 10.0 Å². The van der Waals surface area contributed by atoms with Crippen LogP contribution in [0.25, 0.3) is 17.1 Å². The van der Waals surface area contributed by atoms with Gasteiger partial charge >= 0.3 is 0 Å². The van der Waals surface area contributed by atoms with Crippen molar-refractivity contribution < 1.29 is 8.42 Å². The number of aromatic nitrogens is 3. The van der Waals surface area contributed by atoms with E-state index in [9.17, 15) is 8.42 Å². The summed E-state index contributed by atoms with van der Waals surface area (Å²) in [4.78, 5) is 0. The summed E-state index contributed by atoms with van der Waals surface area (Å²) in [6.07, 6.45) is 1.85. The normalized spacial score (nSPS) is 11.7. The molecule has 0 spiro atoms. The number of hydrogen-bond acceptors (Lipinski definition) is 5. The van der Waals surface area contributed by atoms with Crippen LogP contribution in [0.1, 0.15) is 12.0 Å². The largest absolute Gasteiger partial charge is 0.270 e. The van der Waals surface area contributed by atoms with E-state index in [1.807, 2.05) is 60.0 Å². The molecule has 2 aromatic carbocycles. The van der Waals surface area contributed by atoms with Crippen LogP contribution in [0.2, 0.25) is 5.02 Å². The van der Waals surface area contributed by atoms with E-state index >= 15 is 0 Å². The molecule has 6 nitrogen and oxygen atoms in total. The number of thioether (sulfide) groups is 1. The Labute approximate surface area is 174 Å². The second-order valence-corrected chi connectivity index (χ2v) is 9.68. The average molecular weight is 437 g/mol. The Hall–Kier alpha value is -1.87. The molecule has 0 unspecified atom stereocenters. The first kappa shape index (κ1) is 20.9. The Morgan fingerprint density at radius 1 is 1.07 bits per heavy atom. The Kier molecular flexibility index (Phi) is 6.77. The molecular weight excluding hydrogens is 416 g/mol. The lowest BCUT2D eigenvalue weighted by Crippen LogP contribution is -2.23. The molecule has 0 saturated heterocycles. The summed E-state index contributed by atoms with van der Waals surface area (Å²) in [5.74, 6) is 1.45. The Morgan fingerprint density at radius 2 is 1.75 bits per heavy atom. The van der Waals surface area contributed by atoms with E-state index in [-0.39, 0.29) is 0 Å². The Balaban J connectivity index is 1.85. The molecule has 1 aromatic heterocycles. The molecule has 0 aliphatic heterocycles. The van der Waals surface area contributed by atoms with E-state index in [4.69, 9.17) is 11.6 Å². The van der Waals surface area contributed by atoms with Gasteiger partial charge in [-0.25, -0.2) is 13.1 Å². The first-order valence-corrected chi connectivity index (χ1v) is 11.9. The minimum atomic E-state index is -3.16. The number of sulfonamides is 1. The topological polar surface area (TPSA) is 76.9 Å². The molecule has 1 heterocycles. The van der Waals surface area contributed by atoms with Crippen LogP contribution in [0, 0.1) is 6.92 Å². The SMILES string of the molecule is Cc1ccc(-n2c(SCCCNS(C)(=O)=O)nnc2-c2ccc(Cl)cc2)cc1. The zero-order valence-corrected chi connectivity index (χ0v) is 18.0. The number of aryl methyl sites for hydroxylation is 1. The van der Waals surface area contributed by atoms with Crippen LogP contribution in [0.5, 0.6) is 0 Å². The molecule has 0 fully saturated rings. The first-order chi connectivity index (χ1) is 13.3. The molecule has 28 heavy (non-hydrogen) atoms. The third kappa shape index (κ3) is 5.57. The second kappa shape index (κ2) is 9.09. The van der Waals surface area contributed by atoms with Crippen molar-refractivity contribution in [3.8, 4) is 17.1 Å². The molecule has 0 bridgehead atoms. The summed E-state index contributed by atoms with van der Waals surface area (Å²) < 4.78 is 26.8. The molecule has 148 valence electrons. The van der Waals surface area contributed by atoms with E-state index in [1.165, 1.54) is 5.56 Å². The Bertz CT molecular complexity index is 1030. The fourth-order valence-corrected chi connectivity index (χ4v) is 4.10. The number of rotatable bonds is 8. The van der Waals surface area contributed by atoms with Crippen molar-refractivity contribution in [1.29, 1.82) is 0 Å². The number of benzene rings is 2. The summed E-state index contributed by atoms with van der Waals surface area (Å²) in [6, 6.07) is 15.7. The predicted octanol–water partition coefficient (Wildman–Crippen LogP) is 3.93. The molecule has 3 rings (SSSR count). The van der Waals surface area contributed by atoms with Gasteiger partial charge in [-0.1, -0.05) is 41.1 Å². The van der Waals surface area contributed by atoms with Crippen LogP contribution >= 0.6 is 23.4 Å². The number of nitrogens with zero attached hydrogens (tertiary/aromatic N) is 3. The maximum absolute atomic E-state index is 11.2. The van der Waals surface area contributed by atoms with Gasteiger partial charge in [0.15, 0.2) is 11.0 Å². The molecular formula is C19H21ClN4O2S2. The highest BCUT2D eigenvalue weighted by molar-refractivity contribution is 7.99. The van der Waals surface area contributed by atoms with Gasteiger partial charge < -0.3 is 0 Å². The molecule has 0 aliphatic carbocycles. The van der Waals surface area contributed by atoms with E-state index in [0.29, 0.717) is 23.7 Å². The molecule has 0 radical (unpaired) electrons. The predicted molar refractivity (Wildman–Crippen MR) is 115 cm³/mol. The fourth-order valence-electron chi connectivity index (χ4n) is 2.57. The van der Waals surface area contributed by atoms with Crippen molar-refractivity contribution in [1.82, 2.24) is 19.5 Å². The molecule has 3 aromatic rings. The average Bonchev–Trinajstić information content (AvgIpc) is 3.05. The lowest BCUT2D eigenvalue weighted by Gasteiger charge is -2.11. The van der Waals surface area contributed by atoms with Crippen molar-refractivity contribution in [3.05, 3.63) is 59.1 Å². The van der Waals surface area contributed by atoms with Gasteiger partial charge in [0.05, 0.1) is 6.26 Å². The lowest BCUT2D eigenvalue weighted by molar-refractivity contribution is 0.587. The third-order valence-electron chi connectivity index (χ3n) is 3.94. The Morgan fingerprint density at radius 3 is 2.39 bits per heavy atom. The van der Waals surface area contributed by atoms with Crippen molar-refractivity contribution >= 4 is 33.4 Å². The smallest absolute Gasteiger partial charge is 0.208 e. The number of nitrogens with one attached hydrogen (secondary N) is 1. The fraction of sp³-hybridized carbons (Fsp3) is 0.263. The monoisotopic (exact) mass is 436 g/mol. The van der Waals surface area contributed by atoms with Crippen LogP contribution in [0.4, 0.5) is 0 Å². The van der Waals surface area contributed by atoms with Gasteiger partial charge in [-0.05, 0) is 49.7 Å². The van der Waals surface area contributed by atoms with Gasteiger partial charge in [0.1, 0.15) is 0 Å². The minimum Gasteiger partial charge on any atom is -0.270 e. The van der Waals surface area contributed by atoms with Gasteiger partial charge in [0.25, 0.3) is 0 Å². The van der Waals surface area contributed by atoms with Crippen LogP contribution in [-0.4, -0.2) is 41.7 Å². The molecule has 9 heteroatoms. The van der Waals surface area contributed by atoms with E-state index in [0.717, 1.165) is 28.5 Å². The number of hydrogen-bond donors (Lipinski definition) is 1. The van der Waals surface area contributed by atoms with Gasteiger partial charge in [-0.15, -0.1) is 10.2 Å². The van der Waals surface area contributed by atoms with Crippen LogP contribution < -0.4 is 4.72 Å². The molecule has 0 aliphatic rings. The first-order valence-electron chi connectivity index (χ1n) is 8.69. The van der Waals surface area contributed by atoms with Crippen molar-refractivity contribution in [2.24, 2.45) is 0 Å². The van der Waals surface area contributed by atoms with Crippen molar-refractivity contribution in [2.45, 2.75) is 18.5 Å². The second-order valence-electron chi connectivity index (χ2n) is 6.35. The van der Waals surface area contributed by atoms with Crippen LogP contribution in [-0.2, 0) is 10.0 Å². The highest BCUT2D eigenvalue weighted by Gasteiger charge is 2.16. The van der Waals surface area contributed by atoms with Crippen LogP contribution in [0.3, 0.4) is 0 Å². The quantitative estimate of drug-likeness (QED) is 0.427. The van der Waals surface area contributed by atoms with Crippen molar-refractivity contribution in [3.63, 3.8) is 0 Å². The third-order valence-corrected chi connectivity index (χ3v) is 5.94. The number of halogens is 1. The maximum atomic E-state index is 11.2. The molecule has 0 atom stereocenters. The van der Waals surface area contributed by atoms with Gasteiger partial charge in [0.2, 0.25) is 10.0 Å². The molecule has 0 saturated carbocycles. The van der Waals surface area contributed by atoms with E-state index in [1.54, 1.807) is 11.8 Å². The summed E-state index contributed by atoms with van der Waals surface area (Å²) in [5, 5.41) is 10.2. The summed E-state index contributed by atoms with van der Waals surface area (Å²) in [5.41, 5.74) is 3.06. The van der Waals surface area contributed by atoms with E-state index in [2.05, 4.69) is 14.9 Å². The van der Waals surface area contributed by atoms with Crippen LogP contribution in [0.15, 0.2) is 53.7 Å². The van der Waals surface area contributed by atoms with Crippen molar-refractivity contribution in [2.75, 3.05) is 18.6 Å². The standard InChI is InChI=1S/C19H21ClN4O2S2/c1-14-4-10-17(11-5-14)24-18(15-6-8-16(20)9-7-15)22-23-19(24)27-13-3-12-21-28(2,25)26/h4-11,21H,3,12-13H2,1-2H3. The molecule has 1 N–H and O–H groups in total. The summed E-state index contributed by atoms with van der Waals surface area (Å²) >= 11 is 7.56. The lowest BCUT2D eigenvalue weighted by atomic mass is 10.2. The molecule has 0 amide bonds. The minimum absolute atomic E-state index is 0.397. The zero-order valence-electron chi connectivity index (χ0n) is 15.6. The van der Waals surface area contributed by atoms with Gasteiger partial charge in [-0.2, -0.15) is 0 Å². The highest BCUT2D eigenvalue weighted by atomic mass is 35.5. The zero-order chi connectivity index (χ0) is 20.1. The van der Waals surface area contributed by atoms with Gasteiger partial charge in [0, 0.05) is 28.6 Å². The summed E-state index contributed by atoms with van der Waals surface area (Å²) in [6.45, 7) is 2.44.